The molecule has 3 unspecified atom stereocenters. The molecule has 0 spiro atoms. The van der Waals surface area contributed by atoms with Crippen molar-refractivity contribution in [3.05, 3.63) is 12.2 Å². The van der Waals surface area contributed by atoms with Crippen LogP contribution in [0, 0.1) is 0 Å². The van der Waals surface area contributed by atoms with Crippen molar-refractivity contribution in [2.24, 2.45) is 0 Å². The van der Waals surface area contributed by atoms with Crippen molar-refractivity contribution in [3.63, 3.8) is 0 Å². The summed E-state index contributed by atoms with van der Waals surface area (Å²) in [5.41, 5.74) is 0. The number of esters is 1. The van der Waals surface area contributed by atoms with Gasteiger partial charge in [-0.2, -0.15) is 0 Å². The lowest BCUT2D eigenvalue weighted by atomic mass is 10.0. The van der Waals surface area contributed by atoms with E-state index in [4.69, 9.17) is 4.74 Å². The summed E-state index contributed by atoms with van der Waals surface area (Å²) < 4.78 is 5.44. The van der Waals surface area contributed by atoms with Crippen LogP contribution in [-0.4, -0.2) is 34.5 Å². The fraction of sp³-hybridized carbons (Fsp3) is 0.833. The van der Waals surface area contributed by atoms with Crippen LogP contribution in [-0.2, 0) is 9.53 Å². The average molecular weight is 312 g/mol. The molecule has 4 nitrogen and oxygen atoms in total. The van der Waals surface area contributed by atoms with Crippen LogP contribution in [0.4, 0.5) is 0 Å². The highest BCUT2D eigenvalue weighted by Crippen LogP contribution is 2.16. The van der Waals surface area contributed by atoms with Crippen molar-refractivity contribution < 1.29 is 19.7 Å². The van der Waals surface area contributed by atoms with E-state index in [0.29, 0.717) is 12.8 Å². The molecule has 1 aliphatic heterocycles. The molecule has 0 aromatic heterocycles. The standard InChI is InChI=1S/C18H32O4/c1-2-3-7-11-16(19)17(20)14-13-15-10-8-5-4-6-9-12-18(21)22-15/h13-17,19-20H,2-12H2,1H3/b14-13+. The first-order valence-electron chi connectivity index (χ1n) is 8.87. The Morgan fingerprint density at radius 2 is 1.91 bits per heavy atom. The number of carbonyl (C=O) groups is 1. The van der Waals surface area contributed by atoms with Gasteiger partial charge in [-0.3, -0.25) is 4.79 Å². The molecule has 22 heavy (non-hydrogen) atoms. The van der Waals surface area contributed by atoms with E-state index in [0.717, 1.165) is 51.4 Å². The minimum atomic E-state index is -0.883. The first-order valence-corrected chi connectivity index (χ1v) is 8.87. The monoisotopic (exact) mass is 312 g/mol. The molecule has 0 bridgehead atoms. The Morgan fingerprint density at radius 1 is 1.18 bits per heavy atom. The molecule has 0 radical (unpaired) electrons. The molecule has 1 rings (SSSR count). The minimum absolute atomic E-state index is 0.158. The van der Waals surface area contributed by atoms with Gasteiger partial charge in [0.2, 0.25) is 0 Å². The van der Waals surface area contributed by atoms with Crippen LogP contribution in [0.25, 0.3) is 0 Å². The van der Waals surface area contributed by atoms with E-state index in [1.807, 2.05) is 0 Å². The smallest absolute Gasteiger partial charge is 0.306 e. The highest BCUT2D eigenvalue weighted by atomic mass is 16.5. The summed E-state index contributed by atoms with van der Waals surface area (Å²) in [5.74, 6) is -0.158. The van der Waals surface area contributed by atoms with E-state index in [2.05, 4.69) is 6.92 Å². The molecule has 4 heteroatoms. The Hall–Kier alpha value is -0.870. The normalized spacial score (nSPS) is 24.0. The zero-order valence-corrected chi connectivity index (χ0v) is 13.9. The van der Waals surface area contributed by atoms with Crippen LogP contribution in [0.3, 0.4) is 0 Å². The van der Waals surface area contributed by atoms with Crippen molar-refractivity contribution in [3.8, 4) is 0 Å². The Labute approximate surface area is 134 Å². The van der Waals surface area contributed by atoms with Crippen LogP contribution in [0.15, 0.2) is 12.2 Å². The molecule has 0 aromatic rings. The highest BCUT2D eigenvalue weighted by molar-refractivity contribution is 5.69. The maximum atomic E-state index is 11.7. The Morgan fingerprint density at radius 3 is 2.68 bits per heavy atom. The van der Waals surface area contributed by atoms with Crippen molar-refractivity contribution in [2.75, 3.05) is 0 Å². The predicted octanol–water partition coefficient (Wildman–Crippen LogP) is 3.50. The molecule has 1 saturated heterocycles. The molecular weight excluding hydrogens is 280 g/mol. The Balaban J connectivity index is 2.43. The van der Waals surface area contributed by atoms with E-state index in [-0.39, 0.29) is 12.1 Å². The first kappa shape index (κ1) is 19.2. The molecule has 0 saturated carbocycles. The summed E-state index contributed by atoms with van der Waals surface area (Å²) in [6, 6.07) is 0. The van der Waals surface area contributed by atoms with Crippen LogP contribution in [0.5, 0.6) is 0 Å². The van der Waals surface area contributed by atoms with Gasteiger partial charge in [-0.25, -0.2) is 0 Å². The van der Waals surface area contributed by atoms with E-state index < -0.39 is 12.2 Å². The third-order valence-electron chi connectivity index (χ3n) is 4.17. The van der Waals surface area contributed by atoms with E-state index in [1.54, 1.807) is 12.2 Å². The second-order valence-electron chi connectivity index (χ2n) is 6.27. The van der Waals surface area contributed by atoms with Gasteiger partial charge in [0.15, 0.2) is 0 Å². The van der Waals surface area contributed by atoms with Gasteiger partial charge in [0, 0.05) is 6.42 Å². The van der Waals surface area contributed by atoms with Crippen molar-refractivity contribution >= 4 is 5.97 Å². The predicted molar refractivity (Wildman–Crippen MR) is 87.5 cm³/mol. The SMILES string of the molecule is CCCCCC(O)C(O)/C=C/C1CCCCCCCC(=O)O1. The largest absolute Gasteiger partial charge is 0.458 e. The molecule has 2 N–H and O–H groups in total. The molecule has 1 aliphatic rings. The minimum Gasteiger partial charge on any atom is -0.458 e. The third-order valence-corrected chi connectivity index (χ3v) is 4.17. The number of aliphatic hydroxyl groups is 2. The topological polar surface area (TPSA) is 66.8 Å². The number of rotatable bonds is 7. The molecule has 1 fully saturated rings. The fourth-order valence-electron chi connectivity index (χ4n) is 2.71. The maximum Gasteiger partial charge on any atom is 0.306 e. The van der Waals surface area contributed by atoms with Crippen molar-refractivity contribution in [1.82, 2.24) is 0 Å². The number of unbranched alkanes of at least 4 members (excludes halogenated alkanes) is 2. The summed E-state index contributed by atoms with van der Waals surface area (Å²) in [4.78, 5) is 11.7. The van der Waals surface area contributed by atoms with Crippen molar-refractivity contribution in [2.45, 2.75) is 95.9 Å². The molecular formula is C18H32O4. The highest BCUT2D eigenvalue weighted by Gasteiger charge is 2.16. The Kier molecular flexibility index (Phi) is 10.2. The summed E-state index contributed by atoms with van der Waals surface area (Å²) in [6.07, 6.45) is 11.7. The Bertz CT molecular complexity index is 327. The quantitative estimate of drug-likeness (QED) is 0.429. The maximum absolute atomic E-state index is 11.7. The third kappa shape index (κ3) is 8.54. The summed E-state index contributed by atoms with van der Waals surface area (Å²) >= 11 is 0. The summed E-state index contributed by atoms with van der Waals surface area (Å²) in [6.45, 7) is 2.11. The van der Waals surface area contributed by atoms with E-state index in [1.165, 1.54) is 6.42 Å². The van der Waals surface area contributed by atoms with Crippen LogP contribution >= 0.6 is 0 Å². The number of cyclic esters (lactones) is 1. The molecule has 128 valence electrons. The van der Waals surface area contributed by atoms with Gasteiger partial charge in [0.25, 0.3) is 0 Å². The number of carbonyl (C=O) groups excluding carboxylic acids is 1. The summed E-state index contributed by atoms with van der Waals surface area (Å²) in [7, 11) is 0. The van der Waals surface area contributed by atoms with E-state index >= 15 is 0 Å². The lowest BCUT2D eigenvalue weighted by Crippen LogP contribution is -2.24. The second kappa shape index (κ2) is 11.7. The van der Waals surface area contributed by atoms with Crippen LogP contribution in [0.2, 0.25) is 0 Å². The number of hydrogen-bond acceptors (Lipinski definition) is 4. The molecule has 3 atom stereocenters. The van der Waals surface area contributed by atoms with Crippen LogP contribution in [0.1, 0.15) is 77.6 Å². The zero-order valence-electron chi connectivity index (χ0n) is 13.9. The number of aliphatic hydroxyl groups excluding tert-OH is 2. The zero-order chi connectivity index (χ0) is 16.2. The number of hydrogen-bond donors (Lipinski definition) is 2. The van der Waals surface area contributed by atoms with Gasteiger partial charge in [0.05, 0.1) is 12.2 Å². The molecule has 0 amide bonds. The van der Waals surface area contributed by atoms with Gasteiger partial charge in [-0.1, -0.05) is 51.5 Å². The molecule has 0 aromatic carbocycles. The van der Waals surface area contributed by atoms with Crippen molar-refractivity contribution in [1.29, 1.82) is 0 Å². The van der Waals surface area contributed by atoms with Gasteiger partial charge < -0.3 is 14.9 Å². The van der Waals surface area contributed by atoms with Gasteiger partial charge in [0.1, 0.15) is 6.10 Å². The van der Waals surface area contributed by atoms with Gasteiger partial charge >= 0.3 is 5.97 Å². The number of ether oxygens (including phenoxy) is 1. The lowest BCUT2D eigenvalue weighted by molar-refractivity contribution is -0.147. The molecule has 0 aliphatic carbocycles. The van der Waals surface area contributed by atoms with Gasteiger partial charge in [-0.05, 0) is 31.8 Å². The average Bonchev–Trinajstić information content (AvgIpc) is 2.51. The second-order valence-corrected chi connectivity index (χ2v) is 6.27. The van der Waals surface area contributed by atoms with Gasteiger partial charge in [-0.15, -0.1) is 0 Å². The van der Waals surface area contributed by atoms with Crippen LogP contribution < -0.4 is 0 Å². The van der Waals surface area contributed by atoms with E-state index in [9.17, 15) is 15.0 Å². The molecule has 1 heterocycles. The lowest BCUT2D eigenvalue weighted by Gasteiger charge is -2.18. The summed E-state index contributed by atoms with van der Waals surface area (Å²) in [5, 5.41) is 19.9. The fourth-order valence-corrected chi connectivity index (χ4v) is 2.71. The first-order chi connectivity index (χ1) is 10.6.